The third-order valence-electron chi connectivity index (χ3n) is 3.43. The highest BCUT2D eigenvalue weighted by Crippen LogP contribution is 2.30. The molecule has 0 bridgehead atoms. The molecule has 0 aromatic heterocycles. The van der Waals surface area contributed by atoms with E-state index in [1.165, 1.54) is 13.2 Å². The van der Waals surface area contributed by atoms with Gasteiger partial charge in [-0.3, -0.25) is 10.1 Å². The van der Waals surface area contributed by atoms with Gasteiger partial charge in [-0.1, -0.05) is 0 Å². The van der Waals surface area contributed by atoms with Gasteiger partial charge in [-0.05, 0) is 12.1 Å². The molecule has 1 aromatic rings. The fourth-order valence-corrected chi connectivity index (χ4v) is 2.13. The molecule has 0 spiro atoms. The summed E-state index contributed by atoms with van der Waals surface area (Å²) in [5, 5.41) is 24.3. The van der Waals surface area contributed by atoms with E-state index in [2.05, 4.69) is 5.32 Å². The third kappa shape index (κ3) is 3.37. The summed E-state index contributed by atoms with van der Waals surface area (Å²) < 4.78 is 10.2. The van der Waals surface area contributed by atoms with E-state index in [4.69, 9.17) is 9.47 Å². The molecule has 1 aliphatic heterocycles. The summed E-state index contributed by atoms with van der Waals surface area (Å²) in [6, 6.07) is 4.58. The van der Waals surface area contributed by atoms with E-state index in [0.717, 1.165) is 0 Å². The molecule has 7 nitrogen and oxygen atoms in total. The fraction of sp³-hybridized carbons (Fsp3) is 0.538. The molecule has 1 aliphatic rings. The molecule has 2 N–H and O–H groups in total. The molecule has 1 aromatic carbocycles. The number of hydrogen-bond acceptors (Lipinski definition) is 6. The molecular formula is C13H18N2O5. The summed E-state index contributed by atoms with van der Waals surface area (Å²) >= 11 is 0. The minimum Gasteiger partial charge on any atom is -0.496 e. The molecule has 1 fully saturated rings. The first kappa shape index (κ1) is 14.5. The van der Waals surface area contributed by atoms with E-state index in [0.29, 0.717) is 37.5 Å². The number of nitrogens with zero attached hydrogens (tertiary/aromatic N) is 1. The summed E-state index contributed by atoms with van der Waals surface area (Å²) in [5.41, 5.74) is -0.581. The van der Waals surface area contributed by atoms with Crippen LogP contribution >= 0.6 is 0 Å². The second kappa shape index (κ2) is 6.06. The summed E-state index contributed by atoms with van der Waals surface area (Å²) in [7, 11) is 1.46. The average Bonchev–Trinajstić information content (AvgIpc) is 2.45. The molecule has 110 valence electrons. The Morgan fingerprint density at radius 1 is 1.50 bits per heavy atom. The first-order valence-electron chi connectivity index (χ1n) is 6.40. The minimum absolute atomic E-state index is 0.0694. The van der Waals surface area contributed by atoms with Crippen molar-refractivity contribution in [2.24, 2.45) is 0 Å². The van der Waals surface area contributed by atoms with Crippen molar-refractivity contribution >= 4 is 11.4 Å². The number of nitro groups is 1. The molecular weight excluding hydrogens is 264 g/mol. The van der Waals surface area contributed by atoms with Crippen LogP contribution in [0.4, 0.5) is 11.4 Å². The Balaban J connectivity index is 2.10. The lowest BCUT2D eigenvalue weighted by Gasteiger charge is -2.32. The number of rotatable bonds is 5. The number of ether oxygens (including phenoxy) is 2. The lowest BCUT2D eigenvalue weighted by atomic mass is 9.94. The van der Waals surface area contributed by atoms with Crippen LogP contribution < -0.4 is 10.1 Å². The van der Waals surface area contributed by atoms with Gasteiger partial charge in [0.1, 0.15) is 11.4 Å². The zero-order chi connectivity index (χ0) is 14.6. The van der Waals surface area contributed by atoms with E-state index in [1.54, 1.807) is 12.1 Å². The van der Waals surface area contributed by atoms with Gasteiger partial charge in [-0.2, -0.15) is 0 Å². The van der Waals surface area contributed by atoms with Crippen LogP contribution in [0.5, 0.6) is 5.75 Å². The van der Waals surface area contributed by atoms with Crippen molar-refractivity contribution in [3.63, 3.8) is 0 Å². The lowest BCUT2D eigenvalue weighted by Crippen LogP contribution is -2.42. The molecule has 20 heavy (non-hydrogen) atoms. The molecule has 0 aliphatic carbocycles. The summed E-state index contributed by atoms with van der Waals surface area (Å²) in [6.45, 7) is 1.26. The van der Waals surface area contributed by atoms with Crippen molar-refractivity contribution in [2.45, 2.75) is 18.4 Å². The normalized spacial score (nSPS) is 17.5. The fourth-order valence-electron chi connectivity index (χ4n) is 2.13. The second-order valence-electron chi connectivity index (χ2n) is 4.83. The highest BCUT2D eigenvalue weighted by Gasteiger charge is 2.30. The molecule has 0 radical (unpaired) electrons. The number of benzene rings is 1. The van der Waals surface area contributed by atoms with Gasteiger partial charge in [0.25, 0.3) is 5.69 Å². The highest BCUT2D eigenvalue weighted by atomic mass is 16.6. The predicted octanol–water partition coefficient (Wildman–Crippen LogP) is 1.56. The largest absolute Gasteiger partial charge is 0.496 e. The number of aliphatic hydroxyl groups is 1. The van der Waals surface area contributed by atoms with Crippen LogP contribution in [0.1, 0.15) is 12.8 Å². The van der Waals surface area contributed by atoms with Gasteiger partial charge in [-0.15, -0.1) is 0 Å². The van der Waals surface area contributed by atoms with Gasteiger partial charge in [0.2, 0.25) is 0 Å². The molecule has 0 atom stereocenters. The Bertz CT molecular complexity index is 486. The van der Waals surface area contributed by atoms with Crippen molar-refractivity contribution in [1.29, 1.82) is 0 Å². The van der Waals surface area contributed by atoms with Crippen molar-refractivity contribution in [1.82, 2.24) is 0 Å². The number of anilines is 1. The standard InChI is InChI=1S/C13H18N2O5/c1-19-10-2-3-11(12(8-10)15(17)18)14-9-13(16)4-6-20-7-5-13/h2-3,8,14,16H,4-7,9H2,1H3. The molecule has 0 amide bonds. The number of methoxy groups -OCH3 is 1. The van der Waals surface area contributed by atoms with Crippen LogP contribution in [0, 0.1) is 10.1 Å². The first-order valence-corrected chi connectivity index (χ1v) is 6.40. The van der Waals surface area contributed by atoms with Crippen molar-refractivity contribution in [3.05, 3.63) is 28.3 Å². The maximum atomic E-state index is 11.0. The Labute approximate surface area is 116 Å². The van der Waals surface area contributed by atoms with Crippen LogP contribution in [0.3, 0.4) is 0 Å². The zero-order valence-corrected chi connectivity index (χ0v) is 11.3. The molecule has 1 heterocycles. The summed E-state index contributed by atoms with van der Waals surface area (Å²) in [6.07, 6.45) is 1.04. The zero-order valence-electron chi connectivity index (χ0n) is 11.3. The van der Waals surface area contributed by atoms with E-state index in [1.807, 2.05) is 0 Å². The van der Waals surface area contributed by atoms with Gasteiger partial charge < -0.3 is 19.9 Å². The van der Waals surface area contributed by atoms with Gasteiger partial charge in [0.05, 0.1) is 23.7 Å². The van der Waals surface area contributed by atoms with Crippen LogP contribution in [-0.2, 0) is 4.74 Å². The van der Waals surface area contributed by atoms with Gasteiger partial charge in [0.15, 0.2) is 0 Å². The maximum Gasteiger partial charge on any atom is 0.296 e. The molecule has 1 saturated heterocycles. The average molecular weight is 282 g/mol. The van der Waals surface area contributed by atoms with Gasteiger partial charge in [0, 0.05) is 32.6 Å². The summed E-state index contributed by atoms with van der Waals surface area (Å²) in [4.78, 5) is 10.6. The van der Waals surface area contributed by atoms with Crippen molar-refractivity contribution < 1.29 is 19.5 Å². The van der Waals surface area contributed by atoms with Crippen molar-refractivity contribution in [3.8, 4) is 5.75 Å². The van der Waals surface area contributed by atoms with Gasteiger partial charge in [-0.25, -0.2) is 0 Å². The maximum absolute atomic E-state index is 11.0. The lowest BCUT2D eigenvalue weighted by molar-refractivity contribution is -0.384. The smallest absolute Gasteiger partial charge is 0.296 e. The molecule has 2 rings (SSSR count). The minimum atomic E-state index is -0.883. The molecule has 0 saturated carbocycles. The quantitative estimate of drug-likeness (QED) is 0.628. The Kier molecular flexibility index (Phi) is 4.41. The number of nitrogens with one attached hydrogen (secondary N) is 1. The first-order chi connectivity index (χ1) is 9.54. The van der Waals surface area contributed by atoms with Crippen LogP contribution in [0.15, 0.2) is 18.2 Å². The third-order valence-corrected chi connectivity index (χ3v) is 3.43. The monoisotopic (exact) mass is 282 g/mol. The predicted molar refractivity (Wildman–Crippen MR) is 73.1 cm³/mol. The molecule has 7 heteroatoms. The van der Waals surface area contributed by atoms with E-state index in [-0.39, 0.29) is 12.2 Å². The van der Waals surface area contributed by atoms with E-state index >= 15 is 0 Å². The number of nitro benzene ring substituents is 1. The van der Waals surface area contributed by atoms with Crippen LogP contribution in [0.25, 0.3) is 0 Å². The van der Waals surface area contributed by atoms with Crippen LogP contribution in [0.2, 0.25) is 0 Å². The summed E-state index contributed by atoms with van der Waals surface area (Å²) in [5.74, 6) is 0.423. The number of hydrogen-bond donors (Lipinski definition) is 2. The molecule has 0 unspecified atom stereocenters. The topological polar surface area (TPSA) is 93.9 Å². The van der Waals surface area contributed by atoms with E-state index in [9.17, 15) is 15.2 Å². The highest BCUT2D eigenvalue weighted by molar-refractivity contribution is 5.64. The van der Waals surface area contributed by atoms with E-state index < -0.39 is 10.5 Å². The Morgan fingerprint density at radius 3 is 2.80 bits per heavy atom. The SMILES string of the molecule is COc1ccc(NCC2(O)CCOCC2)c([N+](=O)[O-])c1. The van der Waals surface area contributed by atoms with Gasteiger partial charge >= 0.3 is 0 Å². The van der Waals surface area contributed by atoms with Crippen molar-refractivity contribution in [2.75, 3.05) is 32.2 Å². The van der Waals surface area contributed by atoms with Crippen LogP contribution in [-0.4, -0.2) is 42.5 Å². The Morgan fingerprint density at radius 2 is 2.20 bits per heavy atom. The Hall–Kier alpha value is -1.86. The second-order valence-corrected chi connectivity index (χ2v) is 4.83.